The summed E-state index contributed by atoms with van der Waals surface area (Å²) in [7, 11) is 0. The molecule has 0 aromatic carbocycles. The summed E-state index contributed by atoms with van der Waals surface area (Å²) in [5.74, 6) is 2.31. The standard InChI is InChI=1S/C16H23N5O.2ClH/c1-10-14(11(2)22-21-10)4-3-5-18-16-8-15(19-9-20-16)12-6-13(17)7-12;;/h8-9,12-13H,3-7,17H2,1-2H3,(H,18,19,20);2*1H. The maximum absolute atomic E-state index is 5.84. The lowest BCUT2D eigenvalue weighted by Crippen LogP contribution is -2.35. The highest BCUT2D eigenvalue weighted by atomic mass is 35.5. The lowest BCUT2D eigenvalue weighted by molar-refractivity contribution is 0.345. The quantitative estimate of drug-likeness (QED) is 0.755. The summed E-state index contributed by atoms with van der Waals surface area (Å²) in [6.45, 7) is 4.81. The van der Waals surface area contributed by atoms with Crippen molar-refractivity contribution < 1.29 is 4.52 Å². The fraction of sp³-hybridized carbons (Fsp3) is 0.562. The van der Waals surface area contributed by atoms with E-state index in [1.54, 1.807) is 6.33 Å². The van der Waals surface area contributed by atoms with Crippen LogP contribution in [-0.2, 0) is 6.42 Å². The third-order valence-electron chi connectivity index (χ3n) is 4.37. The first-order valence-corrected chi connectivity index (χ1v) is 7.86. The molecule has 0 aliphatic heterocycles. The molecule has 0 amide bonds. The van der Waals surface area contributed by atoms with E-state index in [4.69, 9.17) is 10.3 Å². The van der Waals surface area contributed by atoms with Crippen molar-refractivity contribution in [2.45, 2.75) is 51.5 Å². The molecule has 1 fully saturated rings. The third kappa shape index (κ3) is 4.82. The van der Waals surface area contributed by atoms with Gasteiger partial charge in [0.2, 0.25) is 0 Å². The molecule has 6 nitrogen and oxygen atoms in total. The molecule has 0 atom stereocenters. The van der Waals surface area contributed by atoms with E-state index in [1.807, 2.05) is 19.9 Å². The summed E-state index contributed by atoms with van der Waals surface area (Å²) in [4.78, 5) is 8.65. The van der Waals surface area contributed by atoms with Gasteiger partial charge in [-0.05, 0) is 39.5 Å². The highest BCUT2D eigenvalue weighted by Crippen LogP contribution is 2.34. The van der Waals surface area contributed by atoms with Crippen LogP contribution in [0.15, 0.2) is 16.9 Å². The van der Waals surface area contributed by atoms with E-state index in [2.05, 4.69) is 20.4 Å². The van der Waals surface area contributed by atoms with Gasteiger partial charge in [0, 0.05) is 35.8 Å². The number of nitrogens with one attached hydrogen (secondary N) is 1. The molecule has 1 aliphatic carbocycles. The van der Waals surface area contributed by atoms with Crippen molar-refractivity contribution in [1.82, 2.24) is 15.1 Å². The second-order valence-electron chi connectivity index (χ2n) is 6.09. The average molecular weight is 374 g/mol. The van der Waals surface area contributed by atoms with Gasteiger partial charge in [0.05, 0.1) is 5.69 Å². The molecular formula is C16H25Cl2N5O. The fourth-order valence-electron chi connectivity index (χ4n) is 2.94. The molecule has 1 saturated carbocycles. The predicted octanol–water partition coefficient (Wildman–Crippen LogP) is 3.17. The molecule has 3 N–H and O–H groups in total. The van der Waals surface area contributed by atoms with Crippen molar-refractivity contribution in [3.05, 3.63) is 35.1 Å². The molecule has 2 aromatic heterocycles. The summed E-state index contributed by atoms with van der Waals surface area (Å²) in [5, 5.41) is 7.35. The van der Waals surface area contributed by atoms with E-state index in [0.717, 1.165) is 55.2 Å². The highest BCUT2D eigenvalue weighted by molar-refractivity contribution is 5.85. The monoisotopic (exact) mass is 373 g/mol. The van der Waals surface area contributed by atoms with Crippen LogP contribution < -0.4 is 11.1 Å². The Labute approximate surface area is 154 Å². The molecule has 3 rings (SSSR count). The minimum atomic E-state index is 0. The van der Waals surface area contributed by atoms with Crippen LogP contribution >= 0.6 is 24.8 Å². The Hall–Kier alpha value is -1.37. The number of halogens is 2. The molecule has 24 heavy (non-hydrogen) atoms. The van der Waals surface area contributed by atoms with Gasteiger partial charge in [-0.3, -0.25) is 0 Å². The zero-order chi connectivity index (χ0) is 15.5. The van der Waals surface area contributed by atoms with E-state index < -0.39 is 0 Å². The van der Waals surface area contributed by atoms with Crippen LogP contribution in [0.1, 0.15) is 47.9 Å². The number of nitrogens with two attached hydrogens (primary N) is 1. The Kier molecular flexibility index (Phi) is 7.93. The van der Waals surface area contributed by atoms with Gasteiger partial charge in [0.1, 0.15) is 17.9 Å². The van der Waals surface area contributed by atoms with E-state index in [9.17, 15) is 0 Å². The number of aromatic nitrogens is 3. The summed E-state index contributed by atoms with van der Waals surface area (Å²) >= 11 is 0. The molecule has 0 unspecified atom stereocenters. The SMILES string of the molecule is Cc1noc(C)c1CCCNc1cc(C2CC(N)C2)ncn1.Cl.Cl. The van der Waals surface area contributed by atoms with E-state index in [0.29, 0.717) is 12.0 Å². The van der Waals surface area contributed by atoms with E-state index in [1.165, 1.54) is 5.56 Å². The smallest absolute Gasteiger partial charge is 0.137 e. The zero-order valence-electron chi connectivity index (χ0n) is 14.0. The number of rotatable bonds is 6. The van der Waals surface area contributed by atoms with E-state index in [-0.39, 0.29) is 24.8 Å². The maximum Gasteiger partial charge on any atom is 0.137 e. The molecule has 1 aliphatic rings. The van der Waals surface area contributed by atoms with Crippen LogP contribution in [0.25, 0.3) is 0 Å². The molecule has 0 bridgehead atoms. The van der Waals surface area contributed by atoms with Crippen LogP contribution in [-0.4, -0.2) is 27.7 Å². The van der Waals surface area contributed by atoms with Gasteiger partial charge < -0.3 is 15.6 Å². The Morgan fingerprint density at radius 3 is 2.62 bits per heavy atom. The third-order valence-corrected chi connectivity index (χ3v) is 4.37. The summed E-state index contributed by atoms with van der Waals surface area (Å²) < 4.78 is 5.18. The van der Waals surface area contributed by atoms with Gasteiger partial charge in [0.15, 0.2) is 0 Å². The molecule has 2 heterocycles. The van der Waals surface area contributed by atoms with Gasteiger partial charge in [-0.15, -0.1) is 24.8 Å². The number of aryl methyl sites for hydroxylation is 2. The topological polar surface area (TPSA) is 89.9 Å². The largest absolute Gasteiger partial charge is 0.370 e. The van der Waals surface area contributed by atoms with Gasteiger partial charge >= 0.3 is 0 Å². The van der Waals surface area contributed by atoms with Crippen LogP contribution in [0, 0.1) is 13.8 Å². The summed E-state index contributed by atoms with van der Waals surface area (Å²) in [5.41, 5.74) is 9.15. The molecule has 8 heteroatoms. The van der Waals surface area contributed by atoms with Crippen molar-refractivity contribution >= 4 is 30.6 Å². The Balaban J connectivity index is 0.00000144. The van der Waals surface area contributed by atoms with Gasteiger partial charge in [-0.2, -0.15) is 0 Å². The van der Waals surface area contributed by atoms with Crippen molar-refractivity contribution in [2.75, 3.05) is 11.9 Å². The van der Waals surface area contributed by atoms with E-state index >= 15 is 0 Å². The second kappa shape index (κ2) is 9.20. The zero-order valence-corrected chi connectivity index (χ0v) is 15.6. The van der Waals surface area contributed by atoms with Gasteiger partial charge in [-0.1, -0.05) is 5.16 Å². The molecule has 0 radical (unpaired) electrons. The van der Waals surface area contributed by atoms with Gasteiger partial charge in [0.25, 0.3) is 0 Å². The van der Waals surface area contributed by atoms with Crippen molar-refractivity contribution in [1.29, 1.82) is 0 Å². The number of anilines is 1. The second-order valence-corrected chi connectivity index (χ2v) is 6.09. The first-order chi connectivity index (χ1) is 10.6. The first-order valence-electron chi connectivity index (χ1n) is 7.86. The Bertz CT molecular complexity index is 624. The average Bonchev–Trinajstić information content (AvgIpc) is 2.80. The number of hydrogen-bond acceptors (Lipinski definition) is 6. The predicted molar refractivity (Wildman–Crippen MR) is 99.3 cm³/mol. The Morgan fingerprint density at radius 1 is 1.25 bits per heavy atom. The maximum atomic E-state index is 5.84. The summed E-state index contributed by atoms with van der Waals surface area (Å²) in [6.07, 6.45) is 5.67. The van der Waals surface area contributed by atoms with Crippen molar-refractivity contribution in [3.8, 4) is 0 Å². The van der Waals surface area contributed by atoms with Crippen LogP contribution in [0.4, 0.5) is 5.82 Å². The van der Waals surface area contributed by atoms with Crippen LogP contribution in [0.3, 0.4) is 0 Å². The Morgan fingerprint density at radius 2 is 2.00 bits per heavy atom. The minimum Gasteiger partial charge on any atom is -0.370 e. The van der Waals surface area contributed by atoms with Crippen LogP contribution in [0.5, 0.6) is 0 Å². The highest BCUT2D eigenvalue weighted by Gasteiger charge is 2.28. The minimum absolute atomic E-state index is 0. The van der Waals surface area contributed by atoms with Crippen molar-refractivity contribution in [2.24, 2.45) is 5.73 Å². The lowest BCUT2D eigenvalue weighted by atomic mass is 9.79. The fourth-order valence-corrected chi connectivity index (χ4v) is 2.94. The molecule has 0 saturated heterocycles. The van der Waals surface area contributed by atoms with Gasteiger partial charge in [-0.25, -0.2) is 9.97 Å². The van der Waals surface area contributed by atoms with Crippen LogP contribution in [0.2, 0.25) is 0 Å². The number of hydrogen-bond donors (Lipinski definition) is 2. The summed E-state index contributed by atoms with van der Waals surface area (Å²) in [6, 6.07) is 2.39. The number of nitrogens with zero attached hydrogens (tertiary/aromatic N) is 3. The normalized spacial score (nSPS) is 19.0. The lowest BCUT2D eigenvalue weighted by Gasteiger charge is -2.31. The molecule has 0 spiro atoms. The molecule has 2 aromatic rings. The first kappa shape index (κ1) is 20.7. The van der Waals surface area contributed by atoms with Crippen molar-refractivity contribution in [3.63, 3.8) is 0 Å². The molecular weight excluding hydrogens is 349 g/mol. The molecule has 134 valence electrons.